The number of carbonyl (C=O) groups excluding carboxylic acids is 2. The van der Waals surface area contributed by atoms with Crippen LogP contribution in [-0.2, 0) is 12.7 Å². The number of fused-ring (bicyclic) bond motifs is 1. The van der Waals surface area contributed by atoms with Crippen molar-refractivity contribution in [3.63, 3.8) is 0 Å². The zero-order valence-electron chi connectivity index (χ0n) is 27.4. The number of carbonyl (C=O) groups is 2. The van der Waals surface area contributed by atoms with Crippen LogP contribution in [0.2, 0.25) is 0 Å². The molecule has 3 N–H and O–H groups in total. The Balaban J connectivity index is 1.34. The molecular weight excluding hydrogens is 637 g/mol. The number of aliphatic hydroxyl groups is 1. The number of amides is 3. The van der Waals surface area contributed by atoms with Crippen molar-refractivity contribution in [2.45, 2.75) is 38.7 Å². The highest BCUT2D eigenvalue weighted by molar-refractivity contribution is 6.04. The summed E-state index contributed by atoms with van der Waals surface area (Å²) in [6.45, 7) is 4.88. The van der Waals surface area contributed by atoms with Gasteiger partial charge in [-0.05, 0) is 80.2 Å². The van der Waals surface area contributed by atoms with Crippen molar-refractivity contribution in [1.29, 1.82) is 0 Å². The van der Waals surface area contributed by atoms with Crippen LogP contribution in [0, 0.1) is 5.92 Å². The highest BCUT2D eigenvalue weighted by atomic mass is 19.4. The Morgan fingerprint density at radius 3 is 2.31 bits per heavy atom. The van der Waals surface area contributed by atoms with Crippen molar-refractivity contribution < 1.29 is 37.3 Å². The zero-order chi connectivity index (χ0) is 35.1. The molecule has 0 fully saturated rings. The zero-order valence-corrected chi connectivity index (χ0v) is 27.4. The van der Waals surface area contributed by atoms with Gasteiger partial charge in [0.05, 0.1) is 29.5 Å². The van der Waals surface area contributed by atoms with E-state index in [1.165, 1.54) is 0 Å². The quantitative estimate of drug-likeness (QED) is 0.161. The fraction of sp³-hybridized carbons (Fsp3) is 0.297. The van der Waals surface area contributed by atoms with Crippen molar-refractivity contribution in [2.24, 2.45) is 5.92 Å². The Hall–Kier alpha value is -5.07. The monoisotopic (exact) mass is 676 g/mol. The molecule has 1 aliphatic rings. The second-order valence-corrected chi connectivity index (χ2v) is 12.2. The molecule has 4 aromatic carbocycles. The van der Waals surface area contributed by atoms with Crippen molar-refractivity contribution in [3.8, 4) is 17.2 Å². The van der Waals surface area contributed by atoms with Crippen LogP contribution in [0.1, 0.15) is 35.3 Å². The first kappa shape index (κ1) is 35.2. The van der Waals surface area contributed by atoms with E-state index in [1.807, 2.05) is 68.6 Å². The number of aliphatic hydroxyl groups excluding tert-OH is 1. The van der Waals surface area contributed by atoms with Crippen LogP contribution in [0.3, 0.4) is 0 Å². The number of nitrogens with zero attached hydrogens (tertiary/aromatic N) is 2. The predicted octanol–water partition coefficient (Wildman–Crippen LogP) is 7.49. The number of anilines is 2. The summed E-state index contributed by atoms with van der Waals surface area (Å²) in [4.78, 5) is 30.5. The summed E-state index contributed by atoms with van der Waals surface area (Å²) in [6.07, 6.45) is -4.94. The second kappa shape index (κ2) is 15.4. The molecule has 0 aliphatic carbocycles. The first-order valence-corrected chi connectivity index (χ1v) is 15.9. The third-order valence-electron chi connectivity index (χ3n) is 8.26. The summed E-state index contributed by atoms with van der Waals surface area (Å²) >= 11 is 0. The molecule has 0 radical (unpaired) electrons. The highest BCUT2D eigenvalue weighted by Gasteiger charge is 2.35. The molecule has 5 rings (SSSR count). The molecule has 0 unspecified atom stereocenters. The van der Waals surface area contributed by atoms with Gasteiger partial charge in [0.2, 0.25) is 0 Å². The van der Waals surface area contributed by atoms with Gasteiger partial charge in [-0.3, -0.25) is 9.69 Å². The Bertz CT molecular complexity index is 1720. The van der Waals surface area contributed by atoms with E-state index in [2.05, 4.69) is 15.5 Å². The summed E-state index contributed by atoms with van der Waals surface area (Å²) in [5.41, 5.74) is 0.784. The Labute approximate surface area is 283 Å². The molecule has 258 valence electrons. The van der Waals surface area contributed by atoms with Gasteiger partial charge in [-0.1, -0.05) is 43.3 Å². The average Bonchev–Trinajstić information content (AvgIpc) is 3.07. The van der Waals surface area contributed by atoms with Gasteiger partial charge in [0.1, 0.15) is 17.6 Å². The van der Waals surface area contributed by atoms with Crippen molar-refractivity contribution in [2.75, 3.05) is 37.4 Å². The number of halogens is 3. The van der Waals surface area contributed by atoms with E-state index in [0.29, 0.717) is 19.6 Å². The third kappa shape index (κ3) is 9.09. The van der Waals surface area contributed by atoms with Gasteiger partial charge >= 0.3 is 12.2 Å². The fourth-order valence-corrected chi connectivity index (χ4v) is 5.56. The minimum atomic E-state index is -4.50. The van der Waals surface area contributed by atoms with Crippen molar-refractivity contribution in [3.05, 3.63) is 114 Å². The molecule has 0 saturated heterocycles. The third-order valence-corrected chi connectivity index (χ3v) is 8.26. The molecule has 0 bridgehead atoms. The number of para-hydroxylation sites is 2. The molecule has 9 nitrogen and oxygen atoms in total. The van der Waals surface area contributed by atoms with Crippen molar-refractivity contribution >= 4 is 23.3 Å². The van der Waals surface area contributed by atoms with Crippen LogP contribution >= 0.6 is 0 Å². The highest BCUT2D eigenvalue weighted by Crippen LogP contribution is 2.35. The Morgan fingerprint density at radius 2 is 1.65 bits per heavy atom. The smallest absolute Gasteiger partial charge is 0.416 e. The molecule has 49 heavy (non-hydrogen) atoms. The van der Waals surface area contributed by atoms with E-state index in [0.717, 1.165) is 41.3 Å². The number of likely N-dealkylation sites (N-methyl/N-ethyl adjacent to an activating group) is 1. The number of urea groups is 1. The summed E-state index contributed by atoms with van der Waals surface area (Å²) < 4.78 is 51.4. The number of benzene rings is 4. The molecule has 1 heterocycles. The van der Waals surface area contributed by atoms with Crippen LogP contribution in [0.4, 0.5) is 29.3 Å². The molecule has 3 atom stereocenters. The minimum absolute atomic E-state index is 0.150. The minimum Gasteiger partial charge on any atom is -0.486 e. The lowest BCUT2D eigenvalue weighted by Gasteiger charge is -2.38. The summed E-state index contributed by atoms with van der Waals surface area (Å²) in [5.74, 6) is 1.09. The van der Waals surface area contributed by atoms with Gasteiger partial charge in [0.25, 0.3) is 5.91 Å². The maximum absolute atomic E-state index is 13.8. The molecule has 0 saturated carbocycles. The molecule has 3 amide bonds. The number of hydrogen-bond donors (Lipinski definition) is 3. The molecule has 1 aliphatic heterocycles. The van der Waals surface area contributed by atoms with Gasteiger partial charge in [-0.15, -0.1) is 0 Å². The summed E-state index contributed by atoms with van der Waals surface area (Å²) in [7, 11) is 1.96. The van der Waals surface area contributed by atoms with E-state index >= 15 is 0 Å². The normalized spacial score (nSPS) is 17.0. The first-order valence-electron chi connectivity index (χ1n) is 15.9. The van der Waals surface area contributed by atoms with Crippen LogP contribution in [0.5, 0.6) is 17.2 Å². The maximum Gasteiger partial charge on any atom is 0.416 e. The van der Waals surface area contributed by atoms with Crippen LogP contribution < -0.4 is 20.1 Å². The van der Waals surface area contributed by atoms with Gasteiger partial charge in [0.15, 0.2) is 5.75 Å². The number of hydrogen-bond acceptors (Lipinski definition) is 6. The second-order valence-electron chi connectivity index (χ2n) is 12.2. The average molecular weight is 677 g/mol. The van der Waals surface area contributed by atoms with E-state index in [9.17, 15) is 27.9 Å². The summed E-state index contributed by atoms with van der Waals surface area (Å²) in [6, 6.07) is 25.0. The number of rotatable bonds is 10. The molecule has 4 aromatic rings. The maximum atomic E-state index is 13.8. The lowest BCUT2D eigenvalue weighted by molar-refractivity contribution is -0.137. The standard InChI is InChI=1S/C37H39F3N4O5/c1-24-20-44(25(2)23-45)35(46)31-10-7-11-32(42-36(47)41-28-16-14-27(15-17-28)37(38,39)40)34(31)49-33(24)22-43(3)21-26-12-18-30(19-13-26)48-29-8-5-4-6-9-29/h4-19,24-25,33,45H,20-23H2,1-3H3,(H2,41,42,47)/t24-,25+,33+/m1/s1. The van der Waals surface area contributed by atoms with E-state index in [-0.39, 0.29) is 41.1 Å². The van der Waals surface area contributed by atoms with Crippen LogP contribution in [0.25, 0.3) is 0 Å². The number of ether oxygens (including phenoxy) is 2. The number of alkyl halides is 3. The molecule has 12 heteroatoms. The topological polar surface area (TPSA) is 103 Å². The van der Waals surface area contributed by atoms with E-state index < -0.39 is 29.9 Å². The van der Waals surface area contributed by atoms with Gasteiger partial charge in [-0.25, -0.2) is 4.79 Å². The lowest BCUT2D eigenvalue weighted by atomic mass is 9.99. The van der Waals surface area contributed by atoms with Crippen LogP contribution in [-0.4, -0.2) is 65.7 Å². The SMILES string of the molecule is C[C@@H]1CN([C@@H](C)CO)C(=O)c2cccc(NC(=O)Nc3ccc(C(F)(F)F)cc3)c2O[C@H]1CN(C)Cc1ccc(Oc2ccccc2)cc1. The Kier molecular flexibility index (Phi) is 11.1. The van der Waals surface area contributed by atoms with Crippen molar-refractivity contribution in [1.82, 2.24) is 9.80 Å². The molecule has 0 aromatic heterocycles. The van der Waals surface area contributed by atoms with E-state index in [4.69, 9.17) is 9.47 Å². The first-order chi connectivity index (χ1) is 23.4. The number of nitrogens with one attached hydrogen (secondary N) is 2. The fourth-order valence-electron chi connectivity index (χ4n) is 5.56. The van der Waals surface area contributed by atoms with E-state index in [1.54, 1.807) is 30.0 Å². The summed E-state index contributed by atoms with van der Waals surface area (Å²) in [5, 5.41) is 15.2. The lowest BCUT2D eigenvalue weighted by Crippen LogP contribution is -2.49. The predicted molar refractivity (Wildman–Crippen MR) is 181 cm³/mol. The largest absolute Gasteiger partial charge is 0.486 e. The Morgan fingerprint density at radius 1 is 0.980 bits per heavy atom. The molecule has 0 spiro atoms. The van der Waals surface area contributed by atoms with Gasteiger partial charge in [-0.2, -0.15) is 13.2 Å². The van der Waals surface area contributed by atoms with Crippen LogP contribution in [0.15, 0.2) is 97.1 Å². The molecular formula is C37H39F3N4O5. The van der Waals surface area contributed by atoms with Gasteiger partial charge in [0, 0.05) is 31.2 Å². The van der Waals surface area contributed by atoms with Gasteiger partial charge < -0.3 is 30.1 Å².